The van der Waals surface area contributed by atoms with Crippen molar-refractivity contribution < 1.29 is 13.6 Å². The first-order chi connectivity index (χ1) is 12.4. The van der Waals surface area contributed by atoms with Crippen molar-refractivity contribution in [2.24, 2.45) is 0 Å². The SMILES string of the molecule is Cc1nn(-c2ccccc2)c(Cl)c1C(=O)NC(C)c1ccc(F)c(F)c1. The van der Waals surface area contributed by atoms with E-state index in [1.54, 1.807) is 13.8 Å². The summed E-state index contributed by atoms with van der Waals surface area (Å²) in [7, 11) is 0. The van der Waals surface area contributed by atoms with Gasteiger partial charge in [-0.2, -0.15) is 5.10 Å². The lowest BCUT2D eigenvalue weighted by molar-refractivity contribution is 0.0939. The number of nitrogens with zero attached hydrogens (tertiary/aromatic N) is 2. The lowest BCUT2D eigenvalue weighted by Crippen LogP contribution is -2.27. The average Bonchev–Trinajstić information content (AvgIpc) is 2.92. The Morgan fingerprint density at radius 3 is 2.50 bits per heavy atom. The smallest absolute Gasteiger partial charge is 0.256 e. The van der Waals surface area contributed by atoms with Crippen molar-refractivity contribution >= 4 is 17.5 Å². The number of carbonyl (C=O) groups excluding carboxylic acids is 1. The lowest BCUT2D eigenvalue weighted by Gasteiger charge is -2.14. The lowest BCUT2D eigenvalue weighted by atomic mass is 10.1. The number of benzene rings is 2. The summed E-state index contributed by atoms with van der Waals surface area (Å²) < 4.78 is 27.9. The molecule has 0 bridgehead atoms. The number of hydrogen-bond donors (Lipinski definition) is 1. The largest absolute Gasteiger partial charge is 0.345 e. The summed E-state index contributed by atoms with van der Waals surface area (Å²) >= 11 is 6.36. The second-order valence-corrected chi connectivity index (χ2v) is 6.23. The molecule has 0 aliphatic carbocycles. The van der Waals surface area contributed by atoms with E-state index in [-0.39, 0.29) is 10.7 Å². The summed E-state index contributed by atoms with van der Waals surface area (Å²) in [6, 6.07) is 12.2. The Morgan fingerprint density at radius 1 is 1.15 bits per heavy atom. The van der Waals surface area contributed by atoms with Crippen LogP contribution in [0.4, 0.5) is 8.78 Å². The van der Waals surface area contributed by atoms with Crippen LogP contribution < -0.4 is 5.32 Å². The molecule has 1 unspecified atom stereocenters. The van der Waals surface area contributed by atoms with Gasteiger partial charge in [0, 0.05) is 0 Å². The number of amides is 1. The van der Waals surface area contributed by atoms with E-state index >= 15 is 0 Å². The average molecular weight is 376 g/mol. The molecule has 0 saturated carbocycles. The Bertz CT molecular complexity index is 957. The van der Waals surface area contributed by atoms with Gasteiger partial charge in [-0.25, -0.2) is 13.5 Å². The van der Waals surface area contributed by atoms with Crippen molar-refractivity contribution in [2.75, 3.05) is 0 Å². The standard InChI is InChI=1S/C19H16ClF2N3O/c1-11(13-8-9-15(21)16(22)10-13)23-19(26)17-12(2)24-25(18(17)20)14-6-4-3-5-7-14/h3-11H,1-2H3,(H,23,26). The van der Waals surface area contributed by atoms with Crippen LogP contribution in [-0.4, -0.2) is 15.7 Å². The molecule has 1 atom stereocenters. The van der Waals surface area contributed by atoms with Crippen LogP contribution in [0.2, 0.25) is 5.15 Å². The first-order valence-electron chi connectivity index (χ1n) is 7.95. The highest BCUT2D eigenvalue weighted by atomic mass is 35.5. The molecule has 1 amide bonds. The van der Waals surface area contributed by atoms with Crippen LogP contribution >= 0.6 is 11.6 Å². The van der Waals surface area contributed by atoms with Gasteiger partial charge in [0.2, 0.25) is 0 Å². The van der Waals surface area contributed by atoms with Crippen LogP contribution in [0.25, 0.3) is 5.69 Å². The van der Waals surface area contributed by atoms with E-state index in [0.717, 1.165) is 17.8 Å². The number of aryl methyl sites for hydroxylation is 1. The first kappa shape index (κ1) is 18.1. The molecule has 0 fully saturated rings. The number of halogens is 3. The number of nitrogens with one attached hydrogen (secondary N) is 1. The molecule has 1 aromatic heterocycles. The van der Waals surface area contributed by atoms with Gasteiger partial charge in [-0.05, 0) is 43.7 Å². The van der Waals surface area contributed by atoms with Gasteiger partial charge >= 0.3 is 0 Å². The van der Waals surface area contributed by atoms with Crippen molar-refractivity contribution in [3.63, 3.8) is 0 Å². The van der Waals surface area contributed by atoms with Gasteiger partial charge in [-0.3, -0.25) is 4.79 Å². The molecule has 7 heteroatoms. The molecule has 26 heavy (non-hydrogen) atoms. The fourth-order valence-electron chi connectivity index (χ4n) is 2.63. The van der Waals surface area contributed by atoms with Gasteiger partial charge < -0.3 is 5.32 Å². The quantitative estimate of drug-likeness (QED) is 0.724. The summed E-state index contributed by atoms with van der Waals surface area (Å²) in [5, 5.41) is 7.25. The number of hydrogen-bond acceptors (Lipinski definition) is 2. The molecule has 134 valence electrons. The van der Waals surface area contributed by atoms with E-state index in [4.69, 9.17) is 11.6 Å². The van der Waals surface area contributed by atoms with Crippen LogP contribution in [0.15, 0.2) is 48.5 Å². The molecule has 0 aliphatic heterocycles. The van der Waals surface area contributed by atoms with Crippen LogP contribution in [0.1, 0.15) is 34.6 Å². The number of para-hydroxylation sites is 1. The first-order valence-corrected chi connectivity index (χ1v) is 8.32. The zero-order valence-electron chi connectivity index (χ0n) is 14.1. The fraction of sp³-hybridized carbons (Fsp3) is 0.158. The molecule has 0 saturated heterocycles. The predicted octanol–water partition coefficient (Wildman–Crippen LogP) is 4.60. The molecule has 4 nitrogen and oxygen atoms in total. The molecule has 3 rings (SSSR count). The summed E-state index contributed by atoms with van der Waals surface area (Å²) in [6.45, 7) is 3.36. The third kappa shape index (κ3) is 3.46. The Hall–Kier alpha value is -2.73. The van der Waals surface area contributed by atoms with Gasteiger partial charge in [0.05, 0.1) is 23.0 Å². The predicted molar refractivity (Wildman–Crippen MR) is 95.6 cm³/mol. The summed E-state index contributed by atoms with van der Waals surface area (Å²) in [5.41, 5.74) is 1.88. The Labute approximate surface area is 154 Å². The van der Waals surface area contributed by atoms with Crippen molar-refractivity contribution in [1.82, 2.24) is 15.1 Å². The van der Waals surface area contributed by atoms with E-state index in [9.17, 15) is 13.6 Å². The van der Waals surface area contributed by atoms with Crippen LogP contribution in [0.5, 0.6) is 0 Å². The molecule has 1 heterocycles. The Kier molecular flexibility index (Phi) is 5.04. The molecule has 0 spiro atoms. The topological polar surface area (TPSA) is 46.9 Å². The summed E-state index contributed by atoms with van der Waals surface area (Å²) in [5.74, 6) is -2.34. The van der Waals surface area contributed by atoms with Crippen molar-refractivity contribution in [2.45, 2.75) is 19.9 Å². The van der Waals surface area contributed by atoms with E-state index in [1.165, 1.54) is 10.7 Å². The van der Waals surface area contributed by atoms with Gasteiger partial charge in [-0.1, -0.05) is 35.9 Å². The summed E-state index contributed by atoms with van der Waals surface area (Å²) in [6.07, 6.45) is 0. The maximum Gasteiger partial charge on any atom is 0.256 e. The molecule has 1 N–H and O–H groups in total. The number of carbonyl (C=O) groups is 1. The van der Waals surface area contributed by atoms with E-state index in [0.29, 0.717) is 11.3 Å². The third-order valence-corrected chi connectivity index (χ3v) is 4.37. The molecule has 2 aromatic carbocycles. The number of rotatable bonds is 4. The van der Waals surface area contributed by atoms with Gasteiger partial charge in [0.1, 0.15) is 5.15 Å². The molecular weight excluding hydrogens is 360 g/mol. The number of aromatic nitrogens is 2. The zero-order valence-corrected chi connectivity index (χ0v) is 14.9. The van der Waals surface area contributed by atoms with Gasteiger partial charge in [0.15, 0.2) is 11.6 Å². The minimum absolute atomic E-state index is 0.184. The van der Waals surface area contributed by atoms with Crippen LogP contribution in [0.3, 0.4) is 0 Å². The minimum atomic E-state index is -0.963. The molecule has 3 aromatic rings. The van der Waals surface area contributed by atoms with Crippen LogP contribution in [-0.2, 0) is 0 Å². The highest BCUT2D eigenvalue weighted by Crippen LogP contribution is 2.24. The van der Waals surface area contributed by atoms with Crippen molar-refractivity contribution in [3.05, 3.63) is 82.1 Å². The minimum Gasteiger partial charge on any atom is -0.345 e. The zero-order chi connectivity index (χ0) is 18.8. The van der Waals surface area contributed by atoms with Gasteiger partial charge in [0.25, 0.3) is 5.91 Å². The van der Waals surface area contributed by atoms with Crippen molar-refractivity contribution in [3.8, 4) is 5.69 Å². The molecule has 0 radical (unpaired) electrons. The third-order valence-electron chi connectivity index (χ3n) is 4.02. The monoisotopic (exact) mass is 375 g/mol. The second kappa shape index (κ2) is 7.25. The summed E-state index contributed by atoms with van der Waals surface area (Å²) in [4.78, 5) is 12.6. The highest BCUT2D eigenvalue weighted by molar-refractivity contribution is 6.33. The maximum absolute atomic E-state index is 13.4. The second-order valence-electron chi connectivity index (χ2n) is 5.87. The van der Waals surface area contributed by atoms with Crippen molar-refractivity contribution in [1.29, 1.82) is 0 Å². The van der Waals surface area contributed by atoms with E-state index in [1.807, 2.05) is 30.3 Å². The highest BCUT2D eigenvalue weighted by Gasteiger charge is 2.23. The molecule has 0 aliphatic rings. The Balaban J connectivity index is 1.86. The maximum atomic E-state index is 13.4. The molecular formula is C19H16ClF2N3O. The Morgan fingerprint density at radius 2 is 1.85 bits per heavy atom. The normalized spacial score (nSPS) is 12.0. The van der Waals surface area contributed by atoms with E-state index < -0.39 is 23.6 Å². The van der Waals surface area contributed by atoms with Gasteiger partial charge in [-0.15, -0.1) is 0 Å². The van der Waals surface area contributed by atoms with E-state index in [2.05, 4.69) is 10.4 Å². The van der Waals surface area contributed by atoms with Crippen LogP contribution in [0, 0.1) is 18.6 Å². The fourth-order valence-corrected chi connectivity index (χ4v) is 2.99.